The van der Waals surface area contributed by atoms with E-state index in [0.717, 1.165) is 37.1 Å². The van der Waals surface area contributed by atoms with Crippen LogP contribution in [0.5, 0.6) is 0 Å². The highest BCUT2D eigenvalue weighted by Gasteiger charge is 2.14. The minimum Gasteiger partial charge on any atom is -0.356 e. The molecular weight excluding hydrogens is 233 g/mol. The molecule has 0 saturated carbocycles. The molecule has 5 heteroatoms. The van der Waals surface area contributed by atoms with Gasteiger partial charge in [-0.25, -0.2) is 4.39 Å². The lowest BCUT2D eigenvalue weighted by atomic mass is 10.2. The maximum Gasteiger partial charge on any atom is 0.165 e. The summed E-state index contributed by atoms with van der Waals surface area (Å²) in [6, 6.07) is 0.303. The summed E-state index contributed by atoms with van der Waals surface area (Å²) in [4.78, 5) is 2.39. The van der Waals surface area contributed by atoms with E-state index in [1.807, 2.05) is 6.92 Å². The van der Waals surface area contributed by atoms with E-state index in [4.69, 9.17) is 4.52 Å². The van der Waals surface area contributed by atoms with Crippen LogP contribution in [0.2, 0.25) is 0 Å². The molecule has 2 rings (SSSR count). The minimum atomic E-state index is -0.530. The second kappa shape index (κ2) is 6.11. The molecule has 0 aromatic carbocycles. The Bertz CT molecular complexity index is 491. The Balaban J connectivity index is 2.26. The second-order valence-electron chi connectivity index (χ2n) is 4.60. The van der Waals surface area contributed by atoms with E-state index in [0.29, 0.717) is 11.5 Å². The van der Waals surface area contributed by atoms with Crippen LogP contribution in [-0.4, -0.2) is 49.0 Å². The third kappa shape index (κ3) is 2.97. The highest BCUT2D eigenvalue weighted by Crippen LogP contribution is 2.01. The number of hydrogen-bond acceptors (Lipinski definition) is 4. The van der Waals surface area contributed by atoms with Gasteiger partial charge in [-0.2, -0.15) is 0 Å². The first kappa shape index (κ1) is 13.2. The van der Waals surface area contributed by atoms with Gasteiger partial charge in [0.2, 0.25) is 0 Å². The molecule has 1 saturated heterocycles. The fraction of sp³-hybridized carbons (Fsp3) is 0.615. The maximum absolute atomic E-state index is 12.4. The molecule has 1 aromatic heterocycles. The van der Waals surface area contributed by atoms with Gasteiger partial charge in [-0.3, -0.25) is 4.90 Å². The molecule has 4 nitrogen and oxygen atoms in total. The first-order chi connectivity index (χ1) is 8.72. The van der Waals surface area contributed by atoms with Gasteiger partial charge >= 0.3 is 0 Å². The van der Waals surface area contributed by atoms with E-state index in [9.17, 15) is 4.39 Å². The first-order valence-corrected chi connectivity index (χ1v) is 6.37. The zero-order valence-corrected chi connectivity index (χ0v) is 10.9. The minimum absolute atomic E-state index is 0.303. The molecule has 1 N–H and O–H groups in total. The molecule has 0 bridgehead atoms. The Labute approximate surface area is 106 Å². The van der Waals surface area contributed by atoms with E-state index < -0.39 is 6.67 Å². The molecule has 1 fully saturated rings. The lowest BCUT2D eigenvalue weighted by Gasteiger charge is -2.31. The number of alkyl halides is 1. The van der Waals surface area contributed by atoms with Crippen molar-refractivity contribution in [2.24, 2.45) is 0 Å². The van der Waals surface area contributed by atoms with Crippen LogP contribution in [0.4, 0.5) is 4.39 Å². The fourth-order valence-corrected chi connectivity index (χ4v) is 2.25. The highest BCUT2D eigenvalue weighted by atomic mass is 19.1. The number of hydrogen-bond donors (Lipinski definition) is 1. The molecule has 0 radical (unpaired) electrons. The fourth-order valence-electron chi connectivity index (χ4n) is 2.25. The van der Waals surface area contributed by atoms with Gasteiger partial charge in [0.25, 0.3) is 0 Å². The van der Waals surface area contributed by atoms with Gasteiger partial charge in [-0.05, 0) is 19.9 Å². The average molecular weight is 253 g/mol. The van der Waals surface area contributed by atoms with Crippen LogP contribution in [0.25, 0.3) is 12.2 Å². The molecule has 1 aliphatic heterocycles. The van der Waals surface area contributed by atoms with E-state index in [1.54, 1.807) is 0 Å². The number of halogens is 1. The van der Waals surface area contributed by atoms with Gasteiger partial charge in [0, 0.05) is 37.4 Å². The summed E-state index contributed by atoms with van der Waals surface area (Å²) < 4.78 is 17.5. The molecule has 0 aliphatic carbocycles. The van der Waals surface area contributed by atoms with Crippen molar-refractivity contribution in [3.8, 4) is 0 Å². The Morgan fingerprint density at radius 1 is 1.50 bits per heavy atom. The number of nitrogens with zero attached hydrogens (tertiary/aromatic N) is 2. The largest absolute Gasteiger partial charge is 0.356 e. The summed E-state index contributed by atoms with van der Waals surface area (Å²) in [5, 5.41) is 8.14. The summed E-state index contributed by atoms with van der Waals surface area (Å²) in [5.74, 6) is 0. The summed E-state index contributed by atoms with van der Waals surface area (Å²) in [6.45, 7) is 7.60. The molecule has 100 valence electrons. The number of rotatable bonds is 3. The number of aromatic nitrogens is 1. The van der Waals surface area contributed by atoms with Crippen LogP contribution in [0, 0.1) is 6.92 Å². The van der Waals surface area contributed by atoms with Crippen LogP contribution in [-0.2, 0) is 0 Å². The van der Waals surface area contributed by atoms with Gasteiger partial charge < -0.3 is 9.84 Å². The predicted molar refractivity (Wildman–Crippen MR) is 69.3 cm³/mol. The van der Waals surface area contributed by atoms with Crippen LogP contribution in [0.15, 0.2) is 4.52 Å². The summed E-state index contributed by atoms with van der Waals surface area (Å²) in [5.41, 5.74) is 1.36. The van der Waals surface area contributed by atoms with Crippen molar-refractivity contribution in [3.05, 3.63) is 16.3 Å². The van der Waals surface area contributed by atoms with Crippen LogP contribution in [0.1, 0.15) is 12.6 Å². The summed E-state index contributed by atoms with van der Waals surface area (Å²) >= 11 is 0. The SMILES string of the molecule is Cc1noc(=C/CF)/c1=C\C(C)N1CCNCC1. The predicted octanol–water partition coefficient (Wildman–Crippen LogP) is -0.193. The van der Waals surface area contributed by atoms with Crippen molar-refractivity contribution in [3.63, 3.8) is 0 Å². The zero-order chi connectivity index (χ0) is 13.0. The number of nitrogens with one attached hydrogen (secondary N) is 1. The van der Waals surface area contributed by atoms with E-state index >= 15 is 0 Å². The lowest BCUT2D eigenvalue weighted by Crippen LogP contribution is -2.47. The van der Waals surface area contributed by atoms with Crippen molar-refractivity contribution in [2.45, 2.75) is 19.9 Å². The molecule has 2 heterocycles. The number of piperazine rings is 1. The topological polar surface area (TPSA) is 41.3 Å². The second-order valence-corrected chi connectivity index (χ2v) is 4.60. The van der Waals surface area contributed by atoms with Crippen molar-refractivity contribution < 1.29 is 8.91 Å². The van der Waals surface area contributed by atoms with Gasteiger partial charge in [0.15, 0.2) is 5.42 Å². The van der Waals surface area contributed by atoms with Crippen molar-refractivity contribution in [1.82, 2.24) is 15.4 Å². The Morgan fingerprint density at radius 2 is 2.22 bits per heavy atom. The normalized spacial score (nSPS) is 21.5. The third-order valence-corrected chi connectivity index (χ3v) is 3.33. The Kier molecular flexibility index (Phi) is 4.49. The Hall–Kier alpha value is -1.20. The molecule has 1 atom stereocenters. The molecule has 1 unspecified atom stereocenters. The number of aryl methyl sites for hydroxylation is 1. The molecule has 0 amide bonds. The zero-order valence-electron chi connectivity index (χ0n) is 10.9. The summed E-state index contributed by atoms with van der Waals surface area (Å²) in [7, 11) is 0. The van der Waals surface area contributed by atoms with E-state index in [2.05, 4.69) is 28.4 Å². The molecule has 1 aromatic rings. The standard InChI is InChI=1S/C13H20FN3O/c1-10(17-7-5-15-6-8-17)9-12-11(2)16-18-13(12)3-4-14/h3,9-10,15H,4-8H2,1-2H3/b12-9-,13-3+. The summed E-state index contributed by atoms with van der Waals surface area (Å²) in [6.07, 6.45) is 3.54. The molecule has 0 spiro atoms. The van der Waals surface area contributed by atoms with Crippen molar-refractivity contribution >= 4 is 12.2 Å². The van der Waals surface area contributed by atoms with Crippen LogP contribution >= 0.6 is 0 Å². The molecule has 18 heavy (non-hydrogen) atoms. The van der Waals surface area contributed by atoms with Crippen molar-refractivity contribution in [2.75, 3.05) is 32.9 Å². The average Bonchev–Trinajstić information content (AvgIpc) is 2.73. The molecular formula is C13H20FN3O. The van der Waals surface area contributed by atoms with Crippen LogP contribution < -0.4 is 16.0 Å². The van der Waals surface area contributed by atoms with Gasteiger partial charge in [-0.15, -0.1) is 0 Å². The van der Waals surface area contributed by atoms with Gasteiger partial charge in [-0.1, -0.05) is 11.2 Å². The Morgan fingerprint density at radius 3 is 2.89 bits per heavy atom. The highest BCUT2D eigenvalue weighted by molar-refractivity contribution is 5.33. The lowest BCUT2D eigenvalue weighted by molar-refractivity contribution is 0.221. The quantitative estimate of drug-likeness (QED) is 0.810. The van der Waals surface area contributed by atoms with Crippen LogP contribution in [0.3, 0.4) is 0 Å². The maximum atomic E-state index is 12.4. The van der Waals surface area contributed by atoms with Gasteiger partial charge in [0.05, 0.1) is 5.69 Å². The monoisotopic (exact) mass is 253 g/mol. The first-order valence-electron chi connectivity index (χ1n) is 6.37. The van der Waals surface area contributed by atoms with Gasteiger partial charge in [0.1, 0.15) is 6.67 Å². The van der Waals surface area contributed by atoms with Crippen molar-refractivity contribution in [1.29, 1.82) is 0 Å². The van der Waals surface area contributed by atoms with E-state index in [-0.39, 0.29) is 0 Å². The molecule has 1 aliphatic rings. The van der Waals surface area contributed by atoms with E-state index in [1.165, 1.54) is 6.08 Å². The smallest absolute Gasteiger partial charge is 0.165 e. The third-order valence-electron chi connectivity index (χ3n) is 3.33.